The lowest BCUT2D eigenvalue weighted by Gasteiger charge is -2.33. The maximum Gasteiger partial charge on any atom is 0.434 e. The van der Waals surface area contributed by atoms with E-state index in [1.165, 1.54) is 13.3 Å². The number of hydrogen-bond donors (Lipinski definition) is 1. The molecule has 2 amide bonds. The average molecular weight is 489 g/mol. The number of likely N-dealkylation sites (tertiary alicyclic amines) is 1. The van der Waals surface area contributed by atoms with Crippen LogP contribution < -0.4 is 10.1 Å². The predicted molar refractivity (Wildman–Crippen MR) is 104 cm³/mol. The summed E-state index contributed by atoms with van der Waals surface area (Å²) < 4.78 is 84.0. The summed E-state index contributed by atoms with van der Waals surface area (Å²) in [5.74, 6) is -0.262. The van der Waals surface area contributed by atoms with Gasteiger partial charge in [-0.15, -0.1) is 0 Å². The molecule has 3 rings (SSSR count). The van der Waals surface area contributed by atoms with E-state index >= 15 is 0 Å². The second kappa shape index (κ2) is 9.24. The molecular formula is C18H21F6N3O4S. The first-order chi connectivity index (χ1) is 14.4. The number of alkyl halides is 6. The summed E-state index contributed by atoms with van der Waals surface area (Å²) in [6, 6.07) is 3.17. The molecule has 0 radical (unpaired) electrons. The molecule has 1 saturated heterocycles. The Bertz CT molecular complexity index is 811. The van der Waals surface area contributed by atoms with Crippen LogP contribution in [-0.2, 0) is 9.53 Å². The summed E-state index contributed by atoms with van der Waals surface area (Å²) >= 11 is 0. The van der Waals surface area contributed by atoms with Crippen molar-refractivity contribution in [2.75, 3.05) is 25.5 Å². The Kier molecular flexibility index (Phi) is 7.47. The lowest BCUT2D eigenvalue weighted by atomic mass is 9.91. The van der Waals surface area contributed by atoms with Gasteiger partial charge in [-0.25, -0.2) is 9.78 Å². The first-order valence-corrected chi connectivity index (χ1v) is 9.26. The van der Waals surface area contributed by atoms with Crippen LogP contribution in [0.4, 0.5) is 36.8 Å². The Morgan fingerprint density at radius 2 is 1.75 bits per heavy atom. The molecule has 1 aromatic heterocycles. The van der Waals surface area contributed by atoms with Gasteiger partial charge in [0.1, 0.15) is 0 Å². The summed E-state index contributed by atoms with van der Waals surface area (Å²) in [4.78, 5) is 29.1. The number of aromatic nitrogens is 1. The highest BCUT2D eigenvalue weighted by molar-refractivity contribution is 7.59. The summed E-state index contributed by atoms with van der Waals surface area (Å²) in [5.41, 5.74) is 0.0213. The normalized spacial score (nSPS) is 19.9. The van der Waals surface area contributed by atoms with Gasteiger partial charge in [-0.1, -0.05) is 0 Å². The highest BCUT2D eigenvalue weighted by atomic mass is 32.1. The minimum Gasteiger partial charge on any atom is -0.481 e. The first kappa shape index (κ1) is 25.9. The fourth-order valence-corrected chi connectivity index (χ4v) is 3.70. The molecule has 1 spiro atoms. The predicted octanol–water partition coefficient (Wildman–Crippen LogP) is 3.87. The van der Waals surface area contributed by atoms with Crippen molar-refractivity contribution in [1.82, 2.24) is 9.88 Å². The van der Waals surface area contributed by atoms with E-state index in [0.717, 1.165) is 4.90 Å². The third kappa shape index (κ3) is 5.70. The fourth-order valence-electron chi connectivity index (χ4n) is 3.70. The smallest absolute Gasteiger partial charge is 0.434 e. The minimum absolute atomic E-state index is 0. The lowest BCUT2D eigenvalue weighted by Crippen LogP contribution is -2.49. The largest absolute Gasteiger partial charge is 0.481 e. The SMILES string of the molecule is COc1ccc(NC(=O)[C@H]2CC23CCN(C(=O)OC(C(F)(F)F)C(F)(F)F)CC3)cn1.S. The molecule has 1 atom stereocenters. The second-order valence-electron chi connectivity index (χ2n) is 7.53. The van der Waals surface area contributed by atoms with Crippen LogP contribution in [0, 0.1) is 11.3 Å². The maximum absolute atomic E-state index is 12.6. The van der Waals surface area contributed by atoms with Crippen molar-refractivity contribution >= 4 is 31.2 Å². The number of methoxy groups -OCH3 is 1. The fraction of sp³-hybridized carbons (Fsp3) is 0.611. The van der Waals surface area contributed by atoms with Crippen LogP contribution in [0.1, 0.15) is 19.3 Å². The third-order valence-corrected chi connectivity index (χ3v) is 5.55. The topological polar surface area (TPSA) is 80.8 Å². The third-order valence-electron chi connectivity index (χ3n) is 5.55. The van der Waals surface area contributed by atoms with Crippen molar-refractivity contribution in [2.45, 2.75) is 37.7 Å². The van der Waals surface area contributed by atoms with Crippen molar-refractivity contribution in [3.8, 4) is 5.88 Å². The number of pyridine rings is 1. The molecule has 14 heteroatoms. The molecule has 0 aromatic carbocycles. The number of piperidine rings is 1. The molecule has 7 nitrogen and oxygen atoms in total. The number of ether oxygens (including phenoxy) is 2. The molecule has 2 aliphatic rings. The average Bonchev–Trinajstić information content (AvgIpc) is 3.38. The number of halogens is 6. The zero-order valence-electron chi connectivity index (χ0n) is 16.7. The van der Waals surface area contributed by atoms with E-state index in [9.17, 15) is 35.9 Å². The molecular weight excluding hydrogens is 468 g/mol. The Balaban J connectivity index is 0.00000363. The van der Waals surface area contributed by atoms with Crippen molar-refractivity contribution in [1.29, 1.82) is 0 Å². The molecule has 2 heterocycles. The number of carbonyl (C=O) groups is 2. The number of carbonyl (C=O) groups excluding carboxylic acids is 2. The summed E-state index contributed by atoms with van der Waals surface area (Å²) in [6.07, 6.45) is -14.9. The van der Waals surface area contributed by atoms with Crippen molar-refractivity contribution in [3.63, 3.8) is 0 Å². The number of nitrogens with one attached hydrogen (secondary N) is 1. The zero-order valence-corrected chi connectivity index (χ0v) is 17.7. The maximum atomic E-state index is 12.6. The number of nitrogens with zero attached hydrogens (tertiary/aromatic N) is 2. The van der Waals surface area contributed by atoms with Gasteiger partial charge in [0.15, 0.2) is 0 Å². The highest BCUT2D eigenvalue weighted by Gasteiger charge is 2.61. The molecule has 1 aliphatic heterocycles. The van der Waals surface area contributed by atoms with E-state index in [0.29, 0.717) is 18.0 Å². The first-order valence-electron chi connectivity index (χ1n) is 9.26. The monoisotopic (exact) mass is 489 g/mol. The standard InChI is InChI=1S/C18H19F6N3O4.H2S/c1-30-12-3-2-10(9-25-12)26-13(28)11-8-16(11)4-6-27(7-5-16)15(29)31-14(17(19,20)21)18(22,23)24;/h2-3,9,11,14H,4-8H2,1H3,(H,26,28);1H2/t11-;/m1./s1. The summed E-state index contributed by atoms with van der Waals surface area (Å²) in [5, 5.41) is 2.71. The molecule has 2 fully saturated rings. The second-order valence-corrected chi connectivity index (χ2v) is 7.53. The van der Waals surface area contributed by atoms with Crippen LogP contribution in [-0.4, -0.2) is 60.5 Å². The van der Waals surface area contributed by atoms with E-state index in [1.54, 1.807) is 12.1 Å². The molecule has 1 aliphatic carbocycles. The zero-order chi connectivity index (χ0) is 23.0. The van der Waals surface area contributed by atoms with E-state index in [2.05, 4.69) is 15.0 Å². The quantitative estimate of drug-likeness (QED) is 0.650. The Hall–Kier alpha value is -2.38. The van der Waals surface area contributed by atoms with Gasteiger partial charge in [0.25, 0.3) is 6.10 Å². The molecule has 1 aromatic rings. The van der Waals surface area contributed by atoms with Crippen LogP contribution in [0.5, 0.6) is 5.88 Å². The minimum atomic E-state index is -5.76. The van der Waals surface area contributed by atoms with Gasteiger partial charge in [0.2, 0.25) is 11.8 Å². The van der Waals surface area contributed by atoms with Crippen molar-refractivity contribution in [2.24, 2.45) is 11.3 Å². The summed E-state index contributed by atoms with van der Waals surface area (Å²) in [6.45, 7) is -0.204. The Morgan fingerprint density at radius 1 is 1.16 bits per heavy atom. The van der Waals surface area contributed by atoms with E-state index in [-0.39, 0.29) is 51.3 Å². The van der Waals surface area contributed by atoms with Gasteiger partial charge < -0.3 is 19.7 Å². The molecule has 32 heavy (non-hydrogen) atoms. The van der Waals surface area contributed by atoms with E-state index in [4.69, 9.17) is 4.74 Å². The van der Waals surface area contributed by atoms with Crippen molar-refractivity contribution in [3.05, 3.63) is 18.3 Å². The summed E-state index contributed by atoms with van der Waals surface area (Å²) in [7, 11) is 1.45. The number of amides is 2. The van der Waals surface area contributed by atoms with Crippen LogP contribution in [0.25, 0.3) is 0 Å². The van der Waals surface area contributed by atoms with Crippen molar-refractivity contribution < 1.29 is 45.4 Å². The Morgan fingerprint density at radius 3 is 2.22 bits per heavy atom. The number of rotatable bonds is 4. The van der Waals surface area contributed by atoms with Crippen LogP contribution >= 0.6 is 13.5 Å². The van der Waals surface area contributed by atoms with E-state index < -0.39 is 30.0 Å². The van der Waals surface area contributed by atoms with Gasteiger partial charge in [0, 0.05) is 25.1 Å². The van der Waals surface area contributed by atoms with Gasteiger partial charge in [0.05, 0.1) is 19.0 Å². The van der Waals surface area contributed by atoms with E-state index in [1.807, 2.05) is 0 Å². The van der Waals surface area contributed by atoms with Gasteiger partial charge >= 0.3 is 18.4 Å². The van der Waals surface area contributed by atoms with Gasteiger partial charge in [-0.05, 0) is 30.7 Å². The van der Waals surface area contributed by atoms with Gasteiger partial charge in [-0.3, -0.25) is 4.79 Å². The van der Waals surface area contributed by atoms with Crippen LogP contribution in [0.15, 0.2) is 18.3 Å². The van der Waals surface area contributed by atoms with Crippen LogP contribution in [0.3, 0.4) is 0 Å². The van der Waals surface area contributed by atoms with Crippen LogP contribution in [0.2, 0.25) is 0 Å². The number of anilines is 1. The molecule has 1 N–H and O–H groups in total. The molecule has 0 bridgehead atoms. The number of hydrogen-bond acceptors (Lipinski definition) is 5. The molecule has 0 unspecified atom stereocenters. The molecule has 1 saturated carbocycles. The molecule has 180 valence electrons. The lowest BCUT2D eigenvalue weighted by molar-refractivity contribution is -0.308. The highest BCUT2D eigenvalue weighted by Crippen LogP contribution is 2.59. The Labute approximate surface area is 185 Å². The van der Waals surface area contributed by atoms with Gasteiger partial charge in [-0.2, -0.15) is 39.8 Å².